The summed E-state index contributed by atoms with van der Waals surface area (Å²) in [5.74, 6) is 6.49. The summed E-state index contributed by atoms with van der Waals surface area (Å²) in [5, 5.41) is 0. The smallest absolute Gasteiger partial charge is 0.0212 e. The van der Waals surface area contributed by atoms with Crippen molar-refractivity contribution in [3.8, 4) is 0 Å². The summed E-state index contributed by atoms with van der Waals surface area (Å²) in [6.45, 7) is 17.8. The van der Waals surface area contributed by atoms with E-state index >= 15 is 0 Å². The van der Waals surface area contributed by atoms with Gasteiger partial charge in [0.25, 0.3) is 0 Å². The molecule has 0 N–H and O–H groups in total. The predicted molar refractivity (Wildman–Crippen MR) is 140 cm³/mol. The Morgan fingerprint density at radius 1 is 0.774 bits per heavy atom. The average molecular weight is 433 g/mol. The molecule has 2 aliphatic carbocycles. The van der Waals surface area contributed by atoms with Gasteiger partial charge in [-0.1, -0.05) is 132 Å². The highest BCUT2D eigenvalue weighted by Gasteiger charge is 2.53. The van der Waals surface area contributed by atoms with Crippen molar-refractivity contribution < 1.29 is 0 Å². The van der Waals surface area contributed by atoms with E-state index in [2.05, 4.69) is 48.5 Å². The molecule has 0 heterocycles. The topological polar surface area (TPSA) is 0 Å². The lowest BCUT2D eigenvalue weighted by molar-refractivity contribution is -0.0198. The number of unbranched alkanes of at least 4 members (excludes halogenated alkanes) is 2. The first-order chi connectivity index (χ1) is 14.8. The van der Waals surface area contributed by atoms with Crippen molar-refractivity contribution in [3.05, 3.63) is 0 Å². The fourth-order valence-electron chi connectivity index (χ4n) is 8.03. The van der Waals surface area contributed by atoms with E-state index in [4.69, 9.17) is 0 Å². The van der Waals surface area contributed by atoms with E-state index in [0.29, 0.717) is 5.41 Å². The van der Waals surface area contributed by atoms with Crippen LogP contribution in [0.3, 0.4) is 0 Å². The zero-order valence-corrected chi connectivity index (χ0v) is 22.9. The van der Waals surface area contributed by atoms with E-state index in [1.807, 2.05) is 0 Å². The maximum Gasteiger partial charge on any atom is -0.0212 e. The lowest BCUT2D eigenvalue weighted by Crippen LogP contribution is -2.44. The van der Waals surface area contributed by atoms with Crippen molar-refractivity contribution in [2.24, 2.45) is 46.8 Å². The molecule has 7 unspecified atom stereocenters. The van der Waals surface area contributed by atoms with Crippen LogP contribution in [0.1, 0.15) is 151 Å². The Morgan fingerprint density at radius 3 is 2.10 bits per heavy atom. The van der Waals surface area contributed by atoms with Crippen LogP contribution in [0.2, 0.25) is 0 Å². The highest BCUT2D eigenvalue weighted by Crippen LogP contribution is 2.61. The van der Waals surface area contributed by atoms with Crippen LogP contribution in [0.15, 0.2) is 0 Å². The third-order valence-electron chi connectivity index (χ3n) is 10.3. The summed E-state index contributed by atoms with van der Waals surface area (Å²) in [7, 11) is 0. The van der Waals surface area contributed by atoms with Gasteiger partial charge in [0.2, 0.25) is 0 Å². The molecule has 2 bridgehead atoms. The Labute approximate surface area is 198 Å². The molecule has 7 atom stereocenters. The quantitative estimate of drug-likeness (QED) is 0.285. The summed E-state index contributed by atoms with van der Waals surface area (Å²) in [4.78, 5) is 0. The molecule has 184 valence electrons. The third-order valence-corrected chi connectivity index (χ3v) is 10.3. The van der Waals surface area contributed by atoms with Crippen molar-refractivity contribution in [2.75, 3.05) is 0 Å². The van der Waals surface area contributed by atoms with Gasteiger partial charge in [-0.3, -0.25) is 0 Å². The third kappa shape index (κ3) is 7.50. The minimum Gasteiger partial charge on any atom is -0.0651 e. The summed E-state index contributed by atoms with van der Waals surface area (Å²) < 4.78 is 0. The van der Waals surface area contributed by atoms with Gasteiger partial charge in [-0.2, -0.15) is 0 Å². The van der Waals surface area contributed by atoms with E-state index < -0.39 is 0 Å². The Kier molecular flexibility index (Phi) is 12.0. The zero-order valence-electron chi connectivity index (χ0n) is 22.9. The van der Waals surface area contributed by atoms with Crippen molar-refractivity contribution in [3.63, 3.8) is 0 Å². The number of rotatable bonds is 11. The summed E-state index contributed by atoms with van der Waals surface area (Å²) in [6.07, 6.45) is 23.7. The van der Waals surface area contributed by atoms with Crippen LogP contribution in [-0.2, 0) is 0 Å². The van der Waals surface area contributed by atoms with Gasteiger partial charge in [0.1, 0.15) is 0 Å². The molecule has 0 aromatic heterocycles. The second-order valence-electron chi connectivity index (χ2n) is 12.8. The Morgan fingerprint density at radius 2 is 1.42 bits per heavy atom. The highest BCUT2D eigenvalue weighted by atomic mass is 14.6. The molecule has 0 aliphatic heterocycles. The molecule has 2 saturated carbocycles. The molecular formula is C31H60. The van der Waals surface area contributed by atoms with E-state index in [-0.39, 0.29) is 0 Å². The number of hydrogen-bond acceptors (Lipinski definition) is 0. The van der Waals surface area contributed by atoms with Crippen LogP contribution in [-0.4, -0.2) is 0 Å². The number of fused-ring (bicyclic) bond motifs is 2. The molecule has 0 amide bonds. The van der Waals surface area contributed by atoms with Gasteiger partial charge in [-0.15, -0.1) is 0 Å². The van der Waals surface area contributed by atoms with Crippen molar-refractivity contribution in [2.45, 2.75) is 151 Å². The molecule has 0 radical (unpaired) electrons. The SMILES string of the molecule is CCC(C)C(CC(C)CCCCCC(C)C)C12CCC(CCCCCCCC1C)C2C. The van der Waals surface area contributed by atoms with E-state index in [1.54, 1.807) is 0 Å². The van der Waals surface area contributed by atoms with Gasteiger partial charge in [-0.25, -0.2) is 0 Å². The average Bonchev–Trinajstić information content (AvgIpc) is 3.05. The minimum atomic E-state index is 0.621. The maximum absolute atomic E-state index is 2.71. The van der Waals surface area contributed by atoms with E-state index in [0.717, 1.165) is 41.4 Å². The van der Waals surface area contributed by atoms with Gasteiger partial charge in [0.15, 0.2) is 0 Å². The molecule has 31 heavy (non-hydrogen) atoms. The Bertz CT molecular complexity index is 465. The molecule has 0 heteroatoms. The second kappa shape index (κ2) is 13.6. The van der Waals surface area contributed by atoms with Gasteiger partial charge < -0.3 is 0 Å². The summed E-state index contributed by atoms with van der Waals surface area (Å²) in [5.41, 5.74) is 0.621. The monoisotopic (exact) mass is 432 g/mol. The van der Waals surface area contributed by atoms with Crippen LogP contribution < -0.4 is 0 Å². The molecule has 0 spiro atoms. The summed E-state index contributed by atoms with van der Waals surface area (Å²) >= 11 is 0. The van der Waals surface area contributed by atoms with Crippen molar-refractivity contribution in [1.82, 2.24) is 0 Å². The Hall–Kier alpha value is 0. The largest absolute Gasteiger partial charge is 0.0651 e. The zero-order chi connectivity index (χ0) is 22.9. The van der Waals surface area contributed by atoms with Gasteiger partial charge in [0, 0.05) is 0 Å². The minimum absolute atomic E-state index is 0.621. The van der Waals surface area contributed by atoms with Crippen LogP contribution in [0, 0.1) is 46.8 Å². The van der Waals surface area contributed by atoms with Crippen molar-refractivity contribution >= 4 is 0 Å². The summed E-state index contributed by atoms with van der Waals surface area (Å²) in [6, 6.07) is 0. The van der Waals surface area contributed by atoms with E-state index in [9.17, 15) is 0 Å². The Balaban J connectivity index is 2.12. The second-order valence-corrected chi connectivity index (χ2v) is 12.8. The van der Waals surface area contributed by atoms with Gasteiger partial charge in [0.05, 0.1) is 0 Å². The molecule has 0 aromatic carbocycles. The van der Waals surface area contributed by atoms with Gasteiger partial charge in [-0.05, 0) is 66.1 Å². The lowest BCUT2D eigenvalue weighted by Gasteiger charge is -2.50. The molecule has 0 nitrogen and oxygen atoms in total. The molecule has 2 aliphatic rings. The molecule has 2 fully saturated rings. The van der Waals surface area contributed by atoms with Crippen molar-refractivity contribution in [1.29, 1.82) is 0 Å². The first kappa shape index (κ1) is 27.2. The molecule has 0 aromatic rings. The molecular weight excluding hydrogens is 372 g/mol. The lowest BCUT2D eigenvalue weighted by atomic mass is 9.54. The van der Waals surface area contributed by atoms with Crippen LogP contribution in [0.4, 0.5) is 0 Å². The van der Waals surface area contributed by atoms with Crippen LogP contribution in [0.5, 0.6) is 0 Å². The maximum atomic E-state index is 2.71. The highest BCUT2D eigenvalue weighted by molar-refractivity contribution is 5.02. The first-order valence-corrected chi connectivity index (χ1v) is 14.8. The van der Waals surface area contributed by atoms with Gasteiger partial charge >= 0.3 is 0 Å². The molecule has 2 rings (SSSR count). The number of hydrogen-bond donors (Lipinski definition) is 0. The fraction of sp³-hybridized carbons (Fsp3) is 1.00. The normalized spacial score (nSPS) is 33.1. The first-order valence-electron chi connectivity index (χ1n) is 14.8. The predicted octanol–water partition coefficient (Wildman–Crippen LogP) is 10.7. The standard InChI is InChI=1S/C31H60/c1-8-26(5)30(23-25(4)18-14-12-13-17-24(2)3)31-22-21-29(28(31)7)20-16-11-9-10-15-19-27(31)6/h24-30H,8-23H2,1-7H3. The van der Waals surface area contributed by atoms with E-state index in [1.165, 1.54) is 103 Å². The van der Waals surface area contributed by atoms with Crippen LogP contribution >= 0.6 is 0 Å². The van der Waals surface area contributed by atoms with Crippen LogP contribution in [0.25, 0.3) is 0 Å². The fourth-order valence-corrected chi connectivity index (χ4v) is 8.03. The molecule has 0 saturated heterocycles.